The van der Waals surface area contributed by atoms with Crippen molar-refractivity contribution in [3.63, 3.8) is 0 Å². The maximum Gasteiger partial charge on any atom is 0.461 e. The molecule has 1 aromatic rings. The highest BCUT2D eigenvalue weighted by atomic mass is 19.4. The lowest BCUT2D eigenvalue weighted by atomic mass is 10.2. The van der Waals surface area contributed by atoms with Crippen LogP contribution >= 0.6 is 0 Å². The van der Waals surface area contributed by atoms with Gasteiger partial charge >= 0.3 is 18.0 Å². The Balaban J connectivity index is 2.65. The van der Waals surface area contributed by atoms with Crippen LogP contribution in [0, 0.1) is 0 Å². The molecule has 1 aromatic heterocycles. The summed E-state index contributed by atoms with van der Waals surface area (Å²) in [4.78, 5) is 22.2. The number of allylic oxidation sites excluding steroid dienone is 2. The second-order valence-corrected chi connectivity index (χ2v) is 3.82. The Morgan fingerprint density at radius 3 is 2.29 bits per heavy atom. The van der Waals surface area contributed by atoms with E-state index in [0.29, 0.717) is 0 Å². The summed E-state index contributed by atoms with van der Waals surface area (Å²) in [5.74, 6) is -8.88. The highest BCUT2D eigenvalue weighted by Crippen LogP contribution is 2.36. The number of furan rings is 1. The van der Waals surface area contributed by atoms with E-state index in [1.165, 1.54) is 18.4 Å². The van der Waals surface area contributed by atoms with Gasteiger partial charge in [0.05, 0.1) is 6.26 Å². The van der Waals surface area contributed by atoms with E-state index in [9.17, 15) is 31.5 Å². The van der Waals surface area contributed by atoms with Crippen LogP contribution < -0.4 is 10.9 Å². The minimum Gasteiger partial charge on any atom is -0.459 e. The molecule has 5 nitrogen and oxygen atoms in total. The van der Waals surface area contributed by atoms with Gasteiger partial charge in [0.15, 0.2) is 5.76 Å². The molecule has 0 fully saturated rings. The highest BCUT2D eigenvalue weighted by Gasteiger charge is 2.62. The number of rotatable bonds is 5. The van der Waals surface area contributed by atoms with Crippen LogP contribution in [0.4, 0.5) is 22.0 Å². The van der Waals surface area contributed by atoms with Crippen LogP contribution in [0.1, 0.15) is 17.5 Å². The second-order valence-electron chi connectivity index (χ2n) is 3.82. The molecule has 0 aliphatic carbocycles. The minimum atomic E-state index is -5.99. The molecule has 0 spiro atoms. The number of ketones is 1. The van der Waals surface area contributed by atoms with E-state index in [2.05, 4.69) is 0 Å². The van der Waals surface area contributed by atoms with Crippen molar-refractivity contribution in [3.05, 3.63) is 35.9 Å². The van der Waals surface area contributed by atoms with Gasteiger partial charge in [-0.2, -0.15) is 22.0 Å². The Labute approximate surface area is 114 Å². The zero-order valence-electron chi connectivity index (χ0n) is 10.4. The fraction of sp³-hybridized carbons (Fsp3) is 0.273. The summed E-state index contributed by atoms with van der Waals surface area (Å²) in [7, 11) is 0. The van der Waals surface area contributed by atoms with E-state index in [-0.39, 0.29) is 11.8 Å². The maximum atomic E-state index is 12.7. The second kappa shape index (κ2) is 5.94. The van der Waals surface area contributed by atoms with Gasteiger partial charge in [-0.25, -0.2) is 0 Å². The molecule has 1 rings (SSSR count). The molecule has 0 bridgehead atoms. The van der Waals surface area contributed by atoms with Crippen molar-refractivity contribution in [2.24, 2.45) is 0 Å². The molecule has 2 N–H and O–H groups in total. The molecular weight excluding hydrogens is 303 g/mol. The number of amides is 1. The molecule has 0 saturated heterocycles. The molecule has 0 aliphatic heterocycles. The van der Waals surface area contributed by atoms with E-state index in [1.54, 1.807) is 0 Å². The first kappa shape index (κ1) is 16.7. The third-order valence-electron chi connectivity index (χ3n) is 2.13. The Bertz CT molecular complexity index is 549. The Hall–Kier alpha value is -2.39. The SMILES string of the molecule is CC(=CC(=O)C(F)(F)C(F)(F)F)NNC(=O)c1ccco1. The number of hydrazine groups is 1. The van der Waals surface area contributed by atoms with Gasteiger partial charge in [0.2, 0.25) is 5.78 Å². The number of hydrogen-bond acceptors (Lipinski definition) is 4. The lowest BCUT2D eigenvalue weighted by Gasteiger charge is -2.16. The first-order valence-electron chi connectivity index (χ1n) is 5.33. The van der Waals surface area contributed by atoms with Gasteiger partial charge in [-0.1, -0.05) is 0 Å². The fourth-order valence-corrected chi connectivity index (χ4v) is 1.09. The van der Waals surface area contributed by atoms with E-state index < -0.39 is 29.5 Å². The average Bonchev–Trinajstić information content (AvgIpc) is 2.88. The highest BCUT2D eigenvalue weighted by molar-refractivity contribution is 5.97. The van der Waals surface area contributed by atoms with E-state index in [1.807, 2.05) is 10.9 Å². The van der Waals surface area contributed by atoms with Crippen molar-refractivity contribution in [1.29, 1.82) is 0 Å². The number of alkyl halides is 5. The molecule has 0 aromatic carbocycles. The lowest BCUT2D eigenvalue weighted by Crippen LogP contribution is -2.44. The number of hydrogen-bond donors (Lipinski definition) is 2. The van der Waals surface area contributed by atoms with Crippen molar-refractivity contribution in [3.8, 4) is 0 Å². The zero-order chi connectivity index (χ0) is 16.3. The molecule has 1 amide bonds. The normalized spacial score (nSPS) is 13.0. The summed E-state index contributed by atoms with van der Waals surface area (Å²) < 4.78 is 65.8. The van der Waals surface area contributed by atoms with Crippen molar-refractivity contribution >= 4 is 11.7 Å². The third-order valence-corrected chi connectivity index (χ3v) is 2.13. The summed E-state index contributed by atoms with van der Waals surface area (Å²) in [5.41, 5.74) is 3.54. The van der Waals surface area contributed by atoms with E-state index >= 15 is 0 Å². The van der Waals surface area contributed by atoms with Gasteiger partial charge in [0.1, 0.15) is 0 Å². The number of halogens is 5. The van der Waals surface area contributed by atoms with Gasteiger partial charge in [-0.15, -0.1) is 0 Å². The van der Waals surface area contributed by atoms with Gasteiger partial charge in [-0.3, -0.25) is 15.0 Å². The molecule has 21 heavy (non-hydrogen) atoms. The smallest absolute Gasteiger partial charge is 0.459 e. The van der Waals surface area contributed by atoms with Gasteiger partial charge in [0, 0.05) is 11.8 Å². The topological polar surface area (TPSA) is 71.3 Å². The Morgan fingerprint density at radius 1 is 1.19 bits per heavy atom. The molecular formula is C11H9F5N2O3. The summed E-state index contributed by atoms with van der Waals surface area (Å²) in [6.45, 7) is 1.02. The number of carbonyl (C=O) groups excluding carboxylic acids is 2. The van der Waals surface area contributed by atoms with Gasteiger partial charge in [-0.05, 0) is 19.1 Å². The van der Waals surface area contributed by atoms with Gasteiger partial charge < -0.3 is 9.84 Å². The van der Waals surface area contributed by atoms with Crippen molar-refractivity contribution < 1.29 is 36.0 Å². The molecule has 0 saturated carbocycles. The maximum absolute atomic E-state index is 12.7. The molecule has 0 unspecified atom stereocenters. The summed E-state index contributed by atoms with van der Waals surface area (Å²) >= 11 is 0. The largest absolute Gasteiger partial charge is 0.461 e. The number of nitrogens with one attached hydrogen (secondary N) is 2. The van der Waals surface area contributed by atoms with Crippen molar-refractivity contribution in [2.75, 3.05) is 0 Å². The van der Waals surface area contributed by atoms with Crippen LogP contribution in [0.25, 0.3) is 0 Å². The van der Waals surface area contributed by atoms with Crippen molar-refractivity contribution in [2.45, 2.75) is 19.0 Å². The van der Waals surface area contributed by atoms with Crippen LogP contribution in [0.3, 0.4) is 0 Å². The van der Waals surface area contributed by atoms with Crippen LogP contribution in [-0.2, 0) is 4.79 Å². The van der Waals surface area contributed by atoms with Crippen LogP contribution in [0.15, 0.2) is 34.6 Å². The van der Waals surface area contributed by atoms with E-state index in [0.717, 1.165) is 6.92 Å². The quantitative estimate of drug-likeness (QED) is 0.497. The Kier molecular flexibility index (Phi) is 4.71. The summed E-state index contributed by atoms with van der Waals surface area (Å²) in [6.07, 6.45) is -4.75. The van der Waals surface area contributed by atoms with Crippen LogP contribution in [0.2, 0.25) is 0 Å². The lowest BCUT2D eigenvalue weighted by molar-refractivity contribution is -0.266. The predicted molar refractivity (Wildman–Crippen MR) is 59.1 cm³/mol. The van der Waals surface area contributed by atoms with Crippen LogP contribution in [-0.4, -0.2) is 23.8 Å². The predicted octanol–water partition coefficient (Wildman–Crippen LogP) is 2.18. The minimum absolute atomic E-state index is 0.0376. The molecule has 10 heteroatoms. The van der Waals surface area contributed by atoms with Gasteiger partial charge in [0.25, 0.3) is 0 Å². The average molecular weight is 312 g/mol. The van der Waals surface area contributed by atoms with E-state index in [4.69, 9.17) is 4.42 Å². The molecule has 116 valence electrons. The summed E-state index contributed by atoms with van der Waals surface area (Å²) in [5, 5.41) is 0. The fourth-order valence-electron chi connectivity index (χ4n) is 1.09. The first-order valence-corrected chi connectivity index (χ1v) is 5.33. The monoisotopic (exact) mass is 312 g/mol. The third kappa shape index (κ3) is 4.04. The zero-order valence-corrected chi connectivity index (χ0v) is 10.4. The summed E-state index contributed by atoms with van der Waals surface area (Å²) in [6, 6.07) is 2.70. The van der Waals surface area contributed by atoms with Crippen LogP contribution in [0.5, 0.6) is 0 Å². The first-order chi connectivity index (χ1) is 9.55. The standard InChI is InChI=1S/C11H9F5N2O3/c1-6(5-8(19)10(12,13)11(14,15)16)17-18-9(20)7-3-2-4-21-7/h2-5,17H,1H3,(H,18,20). The molecule has 1 heterocycles. The Morgan fingerprint density at radius 2 is 1.81 bits per heavy atom. The molecule has 0 aliphatic rings. The molecule has 0 atom stereocenters. The number of carbonyl (C=O) groups is 2. The van der Waals surface area contributed by atoms with Crippen molar-refractivity contribution in [1.82, 2.24) is 10.9 Å². The molecule has 0 radical (unpaired) electrons.